The van der Waals surface area contributed by atoms with Gasteiger partial charge in [0.1, 0.15) is 6.04 Å². The summed E-state index contributed by atoms with van der Waals surface area (Å²) in [7, 11) is 0. The third-order valence-corrected chi connectivity index (χ3v) is 3.51. The molecule has 0 amide bonds. The van der Waals surface area contributed by atoms with Crippen molar-refractivity contribution in [2.75, 3.05) is 0 Å². The second-order valence-corrected chi connectivity index (χ2v) is 4.74. The predicted molar refractivity (Wildman–Crippen MR) is 56.0 cm³/mol. The molecule has 1 aliphatic carbocycles. The lowest BCUT2D eigenvalue weighted by Crippen LogP contribution is -2.46. The number of carboxylic acids is 1. The first-order valence-electron chi connectivity index (χ1n) is 5.55. The van der Waals surface area contributed by atoms with E-state index in [1.165, 1.54) is 19.3 Å². The maximum Gasteiger partial charge on any atom is 0.321 e. The van der Waals surface area contributed by atoms with Gasteiger partial charge in [-0.25, -0.2) is 0 Å². The zero-order valence-electron chi connectivity index (χ0n) is 8.96. The Labute approximate surface area is 85.7 Å². The highest BCUT2D eigenvalue weighted by Gasteiger charge is 2.35. The maximum absolute atomic E-state index is 10.9. The zero-order valence-corrected chi connectivity index (χ0v) is 8.96. The van der Waals surface area contributed by atoms with Crippen LogP contribution in [-0.2, 0) is 4.79 Å². The standard InChI is InChI=1S/C11H21NO2/c1-11(9(12)10(13)14)7-5-3-2-4-6-8-11/h9H,2-8,12H2,1H3,(H,13,14). The fraction of sp³-hybridized carbons (Fsp3) is 0.909. The third kappa shape index (κ3) is 2.71. The summed E-state index contributed by atoms with van der Waals surface area (Å²) in [5, 5.41) is 8.94. The Morgan fingerprint density at radius 1 is 1.21 bits per heavy atom. The van der Waals surface area contributed by atoms with E-state index in [0.29, 0.717) is 0 Å². The van der Waals surface area contributed by atoms with Crippen molar-refractivity contribution in [3.8, 4) is 0 Å². The fourth-order valence-electron chi connectivity index (χ4n) is 2.32. The molecular weight excluding hydrogens is 178 g/mol. The van der Waals surface area contributed by atoms with Gasteiger partial charge in [0.05, 0.1) is 0 Å². The van der Waals surface area contributed by atoms with Gasteiger partial charge in [0, 0.05) is 0 Å². The molecule has 82 valence electrons. The number of carboxylic acid groups (broad SMARTS) is 1. The molecule has 0 bridgehead atoms. The summed E-state index contributed by atoms with van der Waals surface area (Å²) in [6, 6.07) is -0.694. The van der Waals surface area contributed by atoms with E-state index in [4.69, 9.17) is 10.8 Å². The highest BCUT2D eigenvalue weighted by Crippen LogP contribution is 2.36. The van der Waals surface area contributed by atoms with Crippen LogP contribution < -0.4 is 5.73 Å². The van der Waals surface area contributed by atoms with Gasteiger partial charge in [-0.2, -0.15) is 0 Å². The van der Waals surface area contributed by atoms with E-state index in [-0.39, 0.29) is 5.41 Å². The number of nitrogens with two attached hydrogens (primary N) is 1. The van der Waals surface area contributed by atoms with Gasteiger partial charge in [-0.05, 0) is 18.3 Å². The quantitative estimate of drug-likeness (QED) is 0.716. The van der Waals surface area contributed by atoms with E-state index in [9.17, 15) is 4.79 Å². The molecule has 1 unspecified atom stereocenters. The molecule has 0 saturated heterocycles. The van der Waals surface area contributed by atoms with E-state index in [1.54, 1.807) is 0 Å². The van der Waals surface area contributed by atoms with Gasteiger partial charge in [-0.1, -0.05) is 39.0 Å². The van der Waals surface area contributed by atoms with Gasteiger partial charge in [-0.3, -0.25) is 4.79 Å². The monoisotopic (exact) mass is 199 g/mol. The van der Waals surface area contributed by atoms with Crippen LogP contribution in [0.1, 0.15) is 51.9 Å². The van der Waals surface area contributed by atoms with E-state index < -0.39 is 12.0 Å². The van der Waals surface area contributed by atoms with Crippen molar-refractivity contribution in [3.63, 3.8) is 0 Å². The summed E-state index contributed by atoms with van der Waals surface area (Å²) in [5.41, 5.74) is 5.56. The lowest BCUT2D eigenvalue weighted by molar-refractivity contribution is -0.142. The molecule has 1 fully saturated rings. The molecule has 1 aliphatic rings. The second kappa shape index (κ2) is 4.78. The van der Waals surface area contributed by atoms with Crippen LogP contribution in [-0.4, -0.2) is 17.1 Å². The van der Waals surface area contributed by atoms with Crippen LogP contribution in [0.25, 0.3) is 0 Å². The average molecular weight is 199 g/mol. The van der Waals surface area contributed by atoms with Crippen molar-refractivity contribution in [1.82, 2.24) is 0 Å². The summed E-state index contributed by atoms with van der Waals surface area (Å²) in [4.78, 5) is 10.9. The lowest BCUT2D eigenvalue weighted by Gasteiger charge is -2.34. The second-order valence-electron chi connectivity index (χ2n) is 4.74. The average Bonchev–Trinajstić information content (AvgIpc) is 2.10. The molecule has 3 nitrogen and oxygen atoms in total. The van der Waals surface area contributed by atoms with Crippen LogP contribution >= 0.6 is 0 Å². The van der Waals surface area contributed by atoms with Crippen LogP contribution in [0, 0.1) is 5.41 Å². The van der Waals surface area contributed by atoms with E-state index in [1.807, 2.05) is 6.92 Å². The maximum atomic E-state index is 10.9. The molecule has 3 heteroatoms. The van der Waals surface area contributed by atoms with Gasteiger partial charge < -0.3 is 10.8 Å². The van der Waals surface area contributed by atoms with Crippen LogP contribution in [0.3, 0.4) is 0 Å². The van der Waals surface area contributed by atoms with Crippen molar-refractivity contribution in [3.05, 3.63) is 0 Å². The first-order chi connectivity index (χ1) is 6.56. The zero-order chi connectivity index (χ0) is 10.6. The summed E-state index contributed by atoms with van der Waals surface area (Å²) in [5.74, 6) is -0.854. The van der Waals surface area contributed by atoms with Gasteiger partial charge in [-0.15, -0.1) is 0 Å². The van der Waals surface area contributed by atoms with Gasteiger partial charge in [0.15, 0.2) is 0 Å². The van der Waals surface area contributed by atoms with E-state index in [2.05, 4.69) is 0 Å². The summed E-state index contributed by atoms with van der Waals surface area (Å²) < 4.78 is 0. The van der Waals surface area contributed by atoms with Crippen molar-refractivity contribution in [2.24, 2.45) is 11.1 Å². The fourth-order valence-corrected chi connectivity index (χ4v) is 2.32. The van der Waals surface area contributed by atoms with Crippen LogP contribution in [0.2, 0.25) is 0 Å². The Kier molecular flexibility index (Phi) is 3.93. The van der Waals surface area contributed by atoms with Crippen LogP contribution in [0.5, 0.6) is 0 Å². The Hall–Kier alpha value is -0.570. The first-order valence-corrected chi connectivity index (χ1v) is 5.55. The molecule has 1 rings (SSSR count). The van der Waals surface area contributed by atoms with Crippen molar-refractivity contribution in [1.29, 1.82) is 0 Å². The normalized spacial score (nSPS) is 24.7. The van der Waals surface area contributed by atoms with E-state index in [0.717, 1.165) is 25.7 Å². The number of rotatable bonds is 2. The topological polar surface area (TPSA) is 63.3 Å². The minimum absolute atomic E-state index is 0.188. The molecule has 0 aromatic rings. The molecule has 0 radical (unpaired) electrons. The SMILES string of the molecule is CC1(C(N)C(=O)O)CCCCCCC1. The lowest BCUT2D eigenvalue weighted by atomic mass is 9.73. The van der Waals surface area contributed by atoms with Gasteiger partial charge in [0.25, 0.3) is 0 Å². The molecule has 1 atom stereocenters. The van der Waals surface area contributed by atoms with Crippen LogP contribution in [0.15, 0.2) is 0 Å². The molecule has 3 N–H and O–H groups in total. The Morgan fingerprint density at radius 2 is 1.64 bits per heavy atom. The molecule has 0 aliphatic heterocycles. The number of aliphatic carboxylic acids is 1. The van der Waals surface area contributed by atoms with Crippen LogP contribution in [0.4, 0.5) is 0 Å². The minimum Gasteiger partial charge on any atom is -0.480 e. The summed E-state index contributed by atoms with van der Waals surface area (Å²) in [6.07, 6.45) is 7.90. The smallest absolute Gasteiger partial charge is 0.321 e. The minimum atomic E-state index is -0.854. The number of hydrogen-bond acceptors (Lipinski definition) is 2. The highest BCUT2D eigenvalue weighted by molar-refractivity contribution is 5.74. The van der Waals surface area contributed by atoms with Crippen molar-refractivity contribution >= 4 is 5.97 Å². The van der Waals surface area contributed by atoms with Gasteiger partial charge >= 0.3 is 5.97 Å². The molecule has 0 aromatic heterocycles. The van der Waals surface area contributed by atoms with Crippen molar-refractivity contribution < 1.29 is 9.90 Å². The largest absolute Gasteiger partial charge is 0.480 e. The summed E-state index contributed by atoms with van der Waals surface area (Å²) in [6.45, 7) is 2.02. The first kappa shape index (κ1) is 11.5. The molecular formula is C11H21NO2. The molecule has 0 spiro atoms. The molecule has 14 heavy (non-hydrogen) atoms. The predicted octanol–water partition coefficient (Wildman–Crippen LogP) is 2.15. The Morgan fingerprint density at radius 3 is 2.07 bits per heavy atom. The Balaban J connectivity index is 2.62. The molecule has 1 saturated carbocycles. The number of carbonyl (C=O) groups is 1. The number of hydrogen-bond donors (Lipinski definition) is 2. The van der Waals surface area contributed by atoms with Gasteiger partial charge in [0.2, 0.25) is 0 Å². The molecule has 0 aromatic carbocycles. The third-order valence-electron chi connectivity index (χ3n) is 3.51. The Bertz CT molecular complexity index is 195. The van der Waals surface area contributed by atoms with Crippen molar-refractivity contribution in [2.45, 2.75) is 57.9 Å². The molecule has 0 heterocycles. The van der Waals surface area contributed by atoms with E-state index >= 15 is 0 Å². The summed E-state index contributed by atoms with van der Waals surface area (Å²) >= 11 is 0. The highest BCUT2D eigenvalue weighted by atomic mass is 16.4.